The van der Waals surface area contributed by atoms with Crippen LogP contribution in [0.25, 0.3) is 11.1 Å². The fourth-order valence-corrected chi connectivity index (χ4v) is 3.85. The maximum atomic E-state index is 14.7. The van der Waals surface area contributed by atoms with Crippen LogP contribution >= 0.6 is 0 Å². The minimum absolute atomic E-state index is 0.0642. The Labute approximate surface area is 148 Å². The van der Waals surface area contributed by atoms with Gasteiger partial charge in [-0.3, -0.25) is 4.98 Å². The Morgan fingerprint density at radius 3 is 2.43 bits per heavy atom. The molecule has 2 rings (SSSR count). The molecule has 1 aromatic carbocycles. The molecule has 0 saturated heterocycles. The van der Waals surface area contributed by atoms with Crippen molar-refractivity contribution in [3.8, 4) is 11.1 Å². The second-order valence-corrected chi connectivity index (χ2v) is 12.9. The van der Waals surface area contributed by atoms with E-state index >= 15 is 0 Å². The van der Waals surface area contributed by atoms with Crippen LogP contribution in [-0.4, -0.2) is 13.1 Å². The van der Waals surface area contributed by atoms with E-state index in [0.717, 1.165) is 11.4 Å². The number of aryl methyl sites for hydroxylation is 1. The highest BCUT2D eigenvalue weighted by atomic mass is 28.3. The molecule has 0 radical (unpaired) electrons. The quantitative estimate of drug-likeness (QED) is 0.691. The van der Waals surface area contributed by atoms with Crippen LogP contribution in [0, 0.1) is 18.1 Å². The third-order valence-corrected chi connectivity index (χ3v) is 5.21. The zero-order chi connectivity index (χ0) is 21.7. The van der Waals surface area contributed by atoms with Crippen LogP contribution in [0.4, 0.5) is 4.39 Å². The minimum atomic E-state index is -2.38. The average molecular weight is 335 g/mol. The van der Waals surface area contributed by atoms with Gasteiger partial charge in [-0.2, -0.15) is 0 Å². The molecule has 0 aliphatic carbocycles. The van der Waals surface area contributed by atoms with Crippen molar-refractivity contribution < 1.29 is 11.2 Å². The molecule has 0 atom stereocenters. The van der Waals surface area contributed by atoms with Gasteiger partial charge >= 0.3 is 0 Å². The lowest BCUT2D eigenvalue weighted by Crippen LogP contribution is -2.43. The summed E-state index contributed by atoms with van der Waals surface area (Å²) in [5.41, 5.74) is 0.403. The zero-order valence-corrected chi connectivity index (χ0v) is 15.7. The van der Waals surface area contributed by atoms with Crippen molar-refractivity contribution in [3.63, 3.8) is 0 Å². The molecule has 0 fully saturated rings. The molecular weight excluding hydrogens is 301 g/mol. The molecule has 1 nitrogen and oxygen atoms in total. The molecule has 23 heavy (non-hydrogen) atoms. The predicted molar refractivity (Wildman–Crippen MR) is 101 cm³/mol. The molecule has 0 saturated carbocycles. The number of nitrogens with zero attached hydrogens (tertiary/aromatic N) is 1. The number of halogens is 1. The lowest BCUT2D eigenvalue weighted by atomic mass is 9.88. The van der Waals surface area contributed by atoms with Crippen LogP contribution in [-0.2, 0) is 6.37 Å². The van der Waals surface area contributed by atoms with E-state index in [1.165, 1.54) is 12.1 Å². The standard InChI is InChI=1S/C20H28FNSi/c1-14-8-9-17(18(21)10-14)16-11-15(12-20(2,3)4)19(22-13-16)23(5,6)7/h8-11,13H,12H2,1-7H3/i1D3,12D2. The summed E-state index contributed by atoms with van der Waals surface area (Å²) in [6.07, 6.45) is -0.107. The Kier molecular flexibility index (Phi) is 3.22. The first-order valence-corrected chi connectivity index (χ1v) is 11.3. The average Bonchev–Trinajstić information content (AvgIpc) is 2.51. The van der Waals surface area contributed by atoms with Gasteiger partial charge in [-0.15, -0.1) is 0 Å². The van der Waals surface area contributed by atoms with Crippen LogP contribution in [0.1, 0.15) is 38.8 Å². The van der Waals surface area contributed by atoms with Gasteiger partial charge in [-0.05, 0) is 41.9 Å². The molecule has 0 aliphatic rings. The molecule has 2 aromatic rings. The summed E-state index contributed by atoms with van der Waals surface area (Å²) in [6, 6.07) is 5.51. The van der Waals surface area contributed by atoms with Crippen molar-refractivity contribution in [2.24, 2.45) is 5.41 Å². The first-order chi connectivity index (χ1) is 12.5. The van der Waals surface area contributed by atoms with Crippen molar-refractivity contribution in [2.75, 3.05) is 0 Å². The molecular formula is C20H28FNSi. The van der Waals surface area contributed by atoms with Gasteiger partial charge in [-0.1, -0.05) is 52.5 Å². The molecule has 0 bridgehead atoms. The summed E-state index contributed by atoms with van der Waals surface area (Å²) in [5.74, 6) is -0.654. The Bertz CT molecular complexity index is 880. The van der Waals surface area contributed by atoms with Gasteiger partial charge in [0.1, 0.15) is 13.9 Å². The maximum absolute atomic E-state index is 14.7. The van der Waals surface area contributed by atoms with E-state index in [2.05, 4.69) is 24.6 Å². The number of hydrogen-bond acceptors (Lipinski definition) is 1. The Hall–Kier alpha value is -1.48. The Balaban J connectivity index is 2.71. The van der Waals surface area contributed by atoms with Crippen molar-refractivity contribution >= 4 is 13.4 Å². The third-order valence-electron chi connectivity index (χ3n) is 3.39. The van der Waals surface area contributed by atoms with Crippen molar-refractivity contribution in [1.82, 2.24) is 4.98 Å². The fraction of sp³-hybridized carbons (Fsp3) is 0.450. The second-order valence-electron chi connectivity index (χ2n) is 7.94. The maximum Gasteiger partial charge on any atom is 0.131 e. The Morgan fingerprint density at radius 1 is 1.22 bits per heavy atom. The Morgan fingerprint density at radius 2 is 1.91 bits per heavy atom. The third kappa shape index (κ3) is 4.50. The van der Waals surface area contributed by atoms with E-state index in [1.807, 2.05) is 20.8 Å². The van der Waals surface area contributed by atoms with Gasteiger partial charge in [0.15, 0.2) is 0 Å². The topological polar surface area (TPSA) is 12.9 Å². The van der Waals surface area contributed by atoms with Crippen LogP contribution < -0.4 is 5.32 Å². The zero-order valence-electron chi connectivity index (χ0n) is 19.7. The molecule has 0 aliphatic heterocycles. The van der Waals surface area contributed by atoms with Crippen LogP contribution in [0.3, 0.4) is 0 Å². The smallest absolute Gasteiger partial charge is 0.131 e. The normalized spacial score (nSPS) is 16.9. The summed E-state index contributed by atoms with van der Waals surface area (Å²) in [4.78, 5) is 4.56. The molecule has 0 amide bonds. The van der Waals surface area contributed by atoms with Gasteiger partial charge in [0, 0.05) is 29.5 Å². The van der Waals surface area contributed by atoms with E-state index in [1.54, 1.807) is 12.3 Å². The van der Waals surface area contributed by atoms with E-state index in [-0.39, 0.29) is 11.1 Å². The number of rotatable bonds is 3. The van der Waals surface area contributed by atoms with Crippen LogP contribution in [0.2, 0.25) is 19.6 Å². The monoisotopic (exact) mass is 334 g/mol. The van der Waals surface area contributed by atoms with Crippen molar-refractivity contribution in [2.45, 2.75) is 53.6 Å². The minimum Gasteiger partial charge on any atom is -0.265 e. The fourth-order valence-electron chi connectivity index (χ4n) is 2.46. The molecule has 0 unspecified atom stereocenters. The summed E-state index contributed by atoms with van der Waals surface area (Å²) in [7, 11) is -1.96. The lowest BCUT2D eigenvalue weighted by Gasteiger charge is -2.25. The number of hydrogen-bond donors (Lipinski definition) is 0. The molecule has 0 N–H and O–H groups in total. The van der Waals surface area contributed by atoms with Crippen LogP contribution in [0.15, 0.2) is 30.5 Å². The molecule has 1 aromatic heterocycles. The van der Waals surface area contributed by atoms with Crippen molar-refractivity contribution in [3.05, 3.63) is 47.4 Å². The van der Waals surface area contributed by atoms with Gasteiger partial charge in [0.25, 0.3) is 0 Å². The summed E-state index contributed by atoms with van der Waals surface area (Å²) in [5, 5.41) is 0.760. The second kappa shape index (κ2) is 6.20. The highest BCUT2D eigenvalue weighted by Crippen LogP contribution is 2.27. The first kappa shape index (κ1) is 12.0. The predicted octanol–water partition coefficient (Wildman–Crippen LogP) is 5.33. The number of benzene rings is 1. The van der Waals surface area contributed by atoms with Gasteiger partial charge in [-0.25, -0.2) is 4.39 Å². The summed E-state index contributed by atoms with van der Waals surface area (Å²) in [6.45, 7) is 9.42. The summed E-state index contributed by atoms with van der Waals surface area (Å²) < 4.78 is 54.5. The summed E-state index contributed by atoms with van der Waals surface area (Å²) >= 11 is 0. The molecule has 124 valence electrons. The van der Waals surface area contributed by atoms with E-state index in [0.29, 0.717) is 11.1 Å². The highest BCUT2D eigenvalue weighted by Gasteiger charge is 2.25. The molecule has 1 heterocycles. The number of pyridine rings is 1. The number of aromatic nitrogens is 1. The van der Waals surface area contributed by atoms with E-state index < -0.39 is 32.5 Å². The van der Waals surface area contributed by atoms with E-state index in [4.69, 9.17) is 6.85 Å². The van der Waals surface area contributed by atoms with Crippen LogP contribution in [0.5, 0.6) is 0 Å². The van der Waals surface area contributed by atoms with Gasteiger partial charge in [0.2, 0.25) is 0 Å². The highest BCUT2D eigenvalue weighted by molar-refractivity contribution is 6.88. The molecule has 0 spiro atoms. The van der Waals surface area contributed by atoms with E-state index in [9.17, 15) is 4.39 Å². The SMILES string of the molecule is [2H]C([2H])([2H])c1ccc(-c2cnc([Si](C)(C)C)c(C([2H])([2H])C(C)(C)C)c2)c(F)c1. The lowest BCUT2D eigenvalue weighted by molar-refractivity contribution is 0.412. The first-order valence-electron chi connectivity index (χ1n) is 10.3. The van der Waals surface area contributed by atoms with Crippen molar-refractivity contribution in [1.29, 1.82) is 0 Å². The largest absolute Gasteiger partial charge is 0.265 e. The molecule has 3 heteroatoms. The van der Waals surface area contributed by atoms with Gasteiger partial charge < -0.3 is 0 Å². The van der Waals surface area contributed by atoms with Gasteiger partial charge in [0.05, 0.1) is 0 Å².